The summed E-state index contributed by atoms with van der Waals surface area (Å²) in [4.78, 5) is 25.1. The minimum atomic E-state index is -0.609. The molecule has 1 aliphatic heterocycles. The molecule has 2 fully saturated rings. The second kappa shape index (κ2) is 5.61. The maximum Gasteiger partial charge on any atom is 0.300 e. The first kappa shape index (κ1) is 14.3. The summed E-state index contributed by atoms with van der Waals surface area (Å²) in [5, 5.41) is 13.9. The molecule has 0 bridgehead atoms. The summed E-state index contributed by atoms with van der Waals surface area (Å²) in [6.07, 6.45) is 3.36. The van der Waals surface area contributed by atoms with Crippen molar-refractivity contribution in [3.8, 4) is 0 Å². The van der Waals surface area contributed by atoms with E-state index in [0.717, 1.165) is 19.5 Å². The Morgan fingerprint density at radius 3 is 2.81 bits per heavy atom. The number of nitrogens with one attached hydrogen (secondary N) is 1. The van der Waals surface area contributed by atoms with Crippen LogP contribution in [-0.2, 0) is 0 Å². The number of rotatable bonds is 4. The normalized spacial score (nSPS) is 22.2. The van der Waals surface area contributed by atoms with Crippen molar-refractivity contribution in [1.29, 1.82) is 0 Å². The van der Waals surface area contributed by atoms with Crippen LogP contribution in [0.1, 0.15) is 29.6 Å². The lowest BCUT2D eigenvalue weighted by Gasteiger charge is -2.15. The van der Waals surface area contributed by atoms with Crippen molar-refractivity contribution in [2.75, 3.05) is 13.1 Å². The Morgan fingerprint density at radius 1 is 1.38 bits per heavy atom. The number of amides is 1. The molecule has 1 heterocycles. The fourth-order valence-corrected chi connectivity index (χ4v) is 3.07. The highest BCUT2D eigenvalue weighted by Crippen LogP contribution is 2.31. The molecular formula is C14H16ClN3O3. The number of nitro benzene ring substituents is 1. The molecule has 0 radical (unpaired) electrons. The highest BCUT2D eigenvalue weighted by atomic mass is 35.5. The van der Waals surface area contributed by atoms with Gasteiger partial charge >= 0.3 is 5.69 Å². The second-order valence-corrected chi connectivity index (χ2v) is 5.99. The number of para-hydroxylation sites is 1. The molecule has 112 valence electrons. The molecule has 1 aromatic rings. The van der Waals surface area contributed by atoms with Crippen molar-refractivity contribution >= 4 is 23.2 Å². The van der Waals surface area contributed by atoms with Gasteiger partial charge in [0.1, 0.15) is 10.6 Å². The summed E-state index contributed by atoms with van der Waals surface area (Å²) in [5.74, 6) is -0.424. The van der Waals surface area contributed by atoms with E-state index in [1.807, 2.05) is 0 Å². The lowest BCUT2D eigenvalue weighted by atomic mass is 10.1. The Hall–Kier alpha value is -1.66. The Bertz CT molecular complexity index is 589. The fraction of sp³-hybridized carbons (Fsp3) is 0.500. The predicted molar refractivity (Wildman–Crippen MR) is 78.6 cm³/mol. The van der Waals surface area contributed by atoms with Crippen molar-refractivity contribution in [2.24, 2.45) is 0 Å². The van der Waals surface area contributed by atoms with Gasteiger partial charge in [0.05, 0.1) is 4.92 Å². The lowest BCUT2D eigenvalue weighted by molar-refractivity contribution is -0.385. The van der Waals surface area contributed by atoms with Gasteiger partial charge < -0.3 is 5.32 Å². The zero-order chi connectivity index (χ0) is 15.0. The summed E-state index contributed by atoms with van der Waals surface area (Å²) in [7, 11) is 0. The highest BCUT2D eigenvalue weighted by Gasteiger charge is 2.35. The minimum absolute atomic E-state index is 0.0151. The molecule has 1 amide bonds. The van der Waals surface area contributed by atoms with Gasteiger partial charge in [-0.15, -0.1) is 0 Å². The van der Waals surface area contributed by atoms with Crippen molar-refractivity contribution in [1.82, 2.24) is 10.2 Å². The van der Waals surface area contributed by atoms with Gasteiger partial charge in [0.15, 0.2) is 0 Å². The Balaban J connectivity index is 1.71. The van der Waals surface area contributed by atoms with E-state index in [1.165, 1.54) is 25.0 Å². The van der Waals surface area contributed by atoms with E-state index in [1.54, 1.807) is 6.07 Å². The SMILES string of the molecule is O=C(NC1CCN(C2CC2)C1)c1cccc(Cl)c1[N+](=O)[O-]. The molecule has 2 aliphatic rings. The number of benzene rings is 1. The molecule has 1 aromatic carbocycles. The van der Waals surface area contributed by atoms with Crippen LogP contribution >= 0.6 is 11.6 Å². The van der Waals surface area contributed by atoms with Crippen molar-refractivity contribution in [3.63, 3.8) is 0 Å². The molecule has 1 aliphatic carbocycles. The van der Waals surface area contributed by atoms with Crippen LogP contribution in [0.4, 0.5) is 5.69 Å². The predicted octanol–water partition coefficient (Wildman–Crippen LogP) is 2.21. The van der Waals surface area contributed by atoms with Crippen LogP contribution in [0.25, 0.3) is 0 Å². The van der Waals surface area contributed by atoms with E-state index in [0.29, 0.717) is 6.04 Å². The quantitative estimate of drug-likeness (QED) is 0.683. The monoisotopic (exact) mass is 309 g/mol. The van der Waals surface area contributed by atoms with Crippen LogP contribution in [0, 0.1) is 10.1 Å². The lowest BCUT2D eigenvalue weighted by Crippen LogP contribution is -2.37. The first-order valence-corrected chi connectivity index (χ1v) is 7.42. The highest BCUT2D eigenvalue weighted by molar-refractivity contribution is 6.33. The number of carbonyl (C=O) groups is 1. The van der Waals surface area contributed by atoms with E-state index >= 15 is 0 Å². The van der Waals surface area contributed by atoms with E-state index in [9.17, 15) is 14.9 Å². The molecule has 21 heavy (non-hydrogen) atoms. The number of carbonyl (C=O) groups excluding carboxylic acids is 1. The Morgan fingerprint density at radius 2 is 2.14 bits per heavy atom. The van der Waals surface area contributed by atoms with Gasteiger partial charge in [0.25, 0.3) is 5.91 Å². The maximum atomic E-state index is 12.3. The van der Waals surface area contributed by atoms with Crippen LogP contribution in [0.2, 0.25) is 5.02 Å². The molecule has 1 atom stereocenters. The van der Waals surface area contributed by atoms with Crippen LogP contribution in [0.5, 0.6) is 0 Å². The molecule has 7 heteroatoms. The van der Waals surface area contributed by atoms with Gasteiger partial charge in [0.2, 0.25) is 0 Å². The minimum Gasteiger partial charge on any atom is -0.348 e. The molecule has 3 rings (SSSR count). The third kappa shape index (κ3) is 3.01. The summed E-state index contributed by atoms with van der Waals surface area (Å²) < 4.78 is 0. The number of likely N-dealkylation sites (tertiary alicyclic amines) is 1. The number of halogens is 1. The van der Waals surface area contributed by atoms with Gasteiger partial charge in [-0.3, -0.25) is 19.8 Å². The molecule has 0 aromatic heterocycles. The largest absolute Gasteiger partial charge is 0.348 e. The van der Waals surface area contributed by atoms with E-state index < -0.39 is 10.8 Å². The van der Waals surface area contributed by atoms with E-state index in [2.05, 4.69) is 10.2 Å². The molecule has 1 N–H and O–H groups in total. The zero-order valence-corrected chi connectivity index (χ0v) is 12.2. The maximum absolute atomic E-state index is 12.3. The number of hydrogen-bond acceptors (Lipinski definition) is 4. The smallest absolute Gasteiger partial charge is 0.300 e. The molecule has 6 nitrogen and oxygen atoms in total. The van der Waals surface area contributed by atoms with Gasteiger partial charge in [0, 0.05) is 25.2 Å². The van der Waals surface area contributed by atoms with Crippen molar-refractivity contribution in [2.45, 2.75) is 31.3 Å². The summed E-state index contributed by atoms with van der Waals surface area (Å²) in [5.41, 5.74) is -0.300. The molecule has 1 saturated carbocycles. The van der Waals surface area contributed by atoms with Gasteiger partial charge in [-0.1, -0.05) is 17.7 Å². The van der Waals surface area contributed by atoms with Gasteiger partial charge in [-0.25, -0.2) is 0 Å². The third-order valence-electron chi connectivity index (χ3n) is 4.03. The molecular weight excluding hydrogens is 294 g/mol. The molecule has 0 spiro atoms. The van der Waals surface area contributed by atoms with Crippen molar-refractivity contribution < 1.29 is 9.72 Å². The van der Waals surface area contributed by atoms with Gasteiger partial charge in [-0.2, -0.15) is 0 Å². The zero-order valence-electron chi connectivity index (χ0n) is 11.4. The summed E-state index contributed by atoms with van der Waals surface area (Å²) in [6.45, 7) is 1.80. The average molecular weight is 310 g/mol. The third-order valence-corrected chi connectivity index (χ3v) is 4.34. The molecule has 1 unspecified atom stereocenters. The van der Waals surface area contributed by atoms with Crippen molar-refractivity contribution in [3.05, 3.63) is 38.9 Å². The first-order chi connectivity index (χ1) is 10.1. The van der Waals surface area contributed by atoms with Crippen LogP contribution in [0.3, 0.4) is 0 Å². The number of nitrogens with zero attached hydrogens (tertiary/aromatic N) is 2. The van der Waals surface area contributed by atoms with Crippen LogP contribution in [-0.4, -0.2) is 40.9 Å². The second-order valence-electron chi connectivity index (χ2n) is 5.58. The standard InChI is InChI=1S/C14H16ClN3O3/c15-12-3-1-2-11(13(12)18(20)21)14(19)16-9-6-7-17(8-9)10-4-5-10/h1-3,9-10H,4-8H2,(H,16,19). The van der Waals surface area contributed by atoms with E-state index in [-0.39, 0.29) is 22.3 Å². The summed E-state index contributed by atoms with van der Waals surface area (Å²) in [6, 6.07) is 5.13. The first-order valence-electron chi connectivity index (χ1n) is 7.04. The molecule has 1 saturated heterocycles. The van der Waals surface area contributed by atoms with Crippen LogP contribution in [0.15, 0.2) is 18.2 Å². The number of hydrogen-bond donors (Lipinski definition) is 1. The van der Waals surface area contributed by atoms with Crippen LogP contribution < -0.4 is 5.32 Å². The fourth-order valence-electron chi connectivity index (χ4n) is 2.82. The Kier molecular flexibility index (Phi) is 3.82. The van der Waals surface area contributed by atoms with E-state index in [4.69, 9.17) is 11.6 Å². The average Bonchev–Trinajstić information content (AvgIpc) is 3.19. The number of nitro groups is 1. The topological polar surface area (TPSA) is 75.5 Å². The van der Waals surface area contributed by atoms with Gasteiger partial charge in [-0.05, 0) is 31.4 Å². The summed E-state index contributed by atoms with van der Waals surface area (Å²) >= 11 is 5.83. The Labute approximate surface area is 127 Å².